The van der Waals surface area contributed by atoms with Crippen LogP contribution < -0.4 is 5.76 Å². The third-order valence-electron chi connectivity index (χ3n) is 1.94. The number of hydrogen-bond donors (Lipinski definition) is 1. The number of nitrogens with one attached hydrogen (secondary N) is 1. The van der Waals surface area contributed by atoms with Crippen molar-refractivity contribution >= 4 is 27.0 Å². The normalized spacial score (nSPS) is 10.9. The number of hydrogen-bond acceptors (Lipinski definition) is 2. The number of halogens is 1. The molecule has 0 saturated carbocycles. The van der Waals surface area contributed by atoms with E-state index < -0.39 is 5.76 Å². The summed E-state index contributed by atoms with van der Waals surface area (Å²) in [6.45, 7) is 2.06. The molecule has 0 atom stereocenters. The number of fused-ring (bicyclic) bond motifs is 1. The van der Waals surface area contributed by atoms with Gasteiger partial charge in [0, 0.05) is 0 Å². The minimum atomic E-state index is -0.413. The van der Waals surface area contributed by atoms with Crippen molar-refractivity contribution < 1.29 is 4.42 Å². The van der Waals surface area contributed by atoms with Crippen molar-refractivity contribution in [1.29, 1.82) is 0 Å². The molecule has 68 valence electrons. The van der Waals surface area contributed by atoms with Gasteiger partial charge in [0.05, 0.1) is 9.99 Å². The fourth-order valence-electron chi connectivity index (χ4n) is 1.28. The van der Waals surface area contributed by atoms with Crippen LogP contribution in [0.3, 0.4) is 0 Å². The van der Waals surface area contributed by atoms with Crippen molar-refractivity contribution in [3.63, 3.8) is 0 Å². The zero-order chi connectivity index (χ0) is 9.42. The van der Waals surface area contributed by atoms with Gasteiger partial charge in [0.15, 0.2) is 5.58 Å². The summed E-state index contributed by atoms with van der Waals surface area (Å²) in [5, 5.41) is 0. The molecule has 0 spiro atoms. The van der Waals surface area contributed by atoms with Gasteiger partial charge in [0.1, 0.15) is 0 Å². The first-order valence-corrected chi connectivity index (χ1v) is 4.81. The van der Waals surface area contributed by atoms with Gasteiger partial charge in [-0.1, -0.05) is 6.92 Å². The Morgan fingerprint density at radius 1 is 1.54 bits per heavy atom. The highest BCUT2D eigenvalue weighted by Crippen LogP contribution is 2.23. The van der Waals surface area contributed by atoms with E-state index in [1.807, 2.05) is 12.1 Å². The van der Waals surface area contributed by atoms with Gasteiger partial charge in [-0.15, -0.1) is 0 Å². The summed E-state index contributed by atoms with van der Waals surface area (Å²) in [4.78, 5) is 13.5. The smallest absolute Gasteiger partial charge is 0.407 e. The molecule has 1 heterocycles. The molecule has 0 bridgehead atoms. The van der Waals surface area contributed by atoms with Crippen LogP contribution >= 0.6 is 15.9 Å². The van der Waals surface area contributed by atoms with Gasteiger partial charge in [-0.2, -0.15) is 0 Å². The van der Waals surface area contributed by atoms with E-state index in [-0.39, 0.29) is 0 Å². The van der Waals surface area contributed by atoms with Crippen LogP contribution in [0.1, 0.15) is 12.5 Å². The highest BCUT2D eigenvalue weighted by atomic mass is 79.9. The average molecular weight is 242 g/mol. The SMILES string of the molecule is CCc1cc(Br)c2oc(=O)[nH]c2c1. The lowest BCUT2D eigenvalue weighted by atomic mass is 10.1. The predicted octanol–water partition coefficient (Wildman–Crippen LogP) is 2.45. The molecule has 3 nitrogen and oxygen atoms in total. The second-order valence-electron chi connectivity index (χ2n) is 2.82. The Balaban J connectivity index is 2.83. The maximum Gasteiger partial charge on any atom is 0.417 e. The first kappa shape index (κ1) is 8.56. The van der Waals surface area contributed by atoms with E-state index in [4.69, 9.17) is 4.42 Å². The van der Waals surface area contributed by atoms with E-state index >= 15 is 0 Å². The molecule has 0 saturated heterocycles. The highest BCUT2D eigenvalue weighted by molar-refractivity contribution is 9.10. The van der Waals surface area contributed by atoms with Crippen LogP contribution in [0, 0.1) is 0 Å². The minimum Gasteiger partial charge on any atom is -0.407 e. The molecule has 0 aliphatic carbocycles. The molecule has 13 heavy (non-hydrogen) atoms. The molecular weight excluding hydrogens is 234 g/mol. The van der Waals surface area contributed by atoms with Crippen molar-refractivity contribution in [2.75, 3.05) is 0 Å². The van der Waals surface area contributed by atoms with E-state index in [0.29, 0.717) is 5.58 Å². The maximum absolute atomic E-state index is 10.9. The fourth-order valence-corrected chi connectivity index (χ4v) is 1.87. The molecule has 1 aromatic heterocycles. The number of oxazole rings is 1. The van der Waals surface area contributed by atoms with E-state index in [0.717, 1.165) is 22.0 Å². The molecule has 2 rings (SSSR count). The second kappa shape index (κ2) is 3.03. The summed E-state index contributed by atoms with van der Waals surface area (Å²) in [6.07, 6.45) is 0.932. The Morgan fingerprint density at radius 3 is 3.00 bits per heavy atom. The highest BCUT2D eigenvalue weighted by Gasteiger charge is 2.06. The van der Waals surface area contributed by atoms with Gasteiger partial charge in [-0.3, -0.25) is 4.98 Å². The lowest BCUT2D eigenvalue weighted by Crippen LogP contribution is -1.92. The third kappa shape index (κ3) is 1.42. The largest absolute Gasteiger partial charge is 0.417 e. The number of aromatic amines is 1. The lowest BCUT2D eigenvalue weighted by Gasteiger charge is -1.97. The van der Waals surface area contributed by atoms with Crippen LogP contribution in [-0.2, 0) is 6.42 Å². The fraction of sp³-hybridized carbons (Fsp3) is 0.222. The Bertz CT molecular complexity index is 498. The molecule has 0 amide bonds. The van der Waals surface area contributed by atoms with Crippen LogP contribution in [-0.4, -0.2) is 4.98 Å². The topological polar surface area (TPSA) is 46.0 Å². The summed E-state index contributed by atoms with van der Waals surface area (Å²) in [5.74, 6) is -0.413. The molecule has 1 aromatic carbocycles. The molecule has 4 heteroatoms. The van der Waals surface area contributed by atoms with Gasteiger partial charge >= 0.3 is 5.76 Å². The lowest BCUT2D eigenvalue weighted by molar-refractivity contribution is 0.554. The van der Waals surface area contributed by atoms with E-state index in [9.17, 15) is 4.79 Å². The number of aromatic nitrogens is 1. The minimum absolute atomic E-state index is 0.413. The summed E-state index contributed by atoms with van der Waals surface area (Å²) in [5.41, 5.74) is 2.50. The van der Waals surface area contributed by atoms with Crippen LogP contribution in [0.2, 0.25) is 0 Å². The standard InChI is InChI=1S/C9H8BrNO2/c1-2-5-3-6(10)8-7(4-5)11-9(12)13-8/h3-4H,2H2,1H3,(H,11,12). The van der Waals surface area contributed by atoms with Gasteiger partial charge in [0.25, 0.3) is 0 Å². The molecule has 0 radical (unpaired) electrons. The quantitative estimate of drug-likeness (QED) is 0.834. The van der Waals surface area contributed by atoms with E-state index in [1.54, 1.807) is 0 Å². The zero-order valence-corrected chi connectivity index (χ0v) is 8.64. The summed E-state index contributed by atoms with van der Waals surface area (Å²) in [7, 11) is 0. The van der Waals surface area contributed by atoms with Gasteiger partial charge in [-0.25, -0.2) is 4.79 Å². The number of H-pyrrole nitrogens is 1. The van der Waals surface area contributed by atoms with Crippen LogP contribution in [0.4, 0.5) is 0 Å². The Labute approximate surface area is 82.9 Å². The maximum atomic E-state index is 10.9. The molecule has 0 aliphatic heterocycles. The van der Waals surface area contributed by atoms with Crippen LogP contribution in [0.25, 0.3) is 11.1 Å². The first-order chi connectivity index (χ1) is 6.20. The predicted molar refractivity (Wildman–Crippen MR) is 53.9 cm³/mol. The number of benzene rings is 1. The molecular formula is C9H8BrNO2. The average Bonchev–Trinajstić information content (AvgIpc) is 2.46. The third-order valence-corrected chi connectivity index (χ3v) is 2.53. The Morgan fingerprint density at radius 2 is 2.31 bits per heavy atom. The van der Waals surface area contributed by atoms with Gasteiger partial charge in [-0.05, 0) is 40.0 Å². The first-order valence-electron chi connectivity index (χ1n) is 4.02. The molecule has 0 fully saturated rings. The molecule has 0 aliphatic rings. The Kier molecular flexibility index (Phi) is 2.00. The van der Waals surface area contributed by atoms with E-state index in [1.165, 1.54) is 0 Å². The summed E-state index contributed by atoms with van der Waals surface area (Å²) in [6, 6.07) is 3.88. The van der Waals surface area contributed by atoms with Gasteiger partial charge < -0.3 is 4.42 Å². The van der Waals surface area contributed by atoms with Crippen LogP contribution in [0.15, 0.2) is 25.8 Å². The van der Waals surface area contributed by atoms with Crippen molar-refractivity contribution in [3.8, 4) is 0 Å². The van der Waals surface area contributed by atoms with Gasteiger partial charge in [0.2, 0.25) is 0 Å². The van der Waals surface area contributed by atoms with Crippen molar-refractivity contribution in [1.82, 2.24) is 4.98 Å². The van der Waals surface area contributed by atoms with Crippen LogP contribution in [0.5, 0.6) is 0 Å². The van der Waals surface area contributed by atoms with E-state index in [2.05, 4.69) is 27.8 Å². The monoisotopic (exact) mass is 241 g/mol. The number of aryl methyl sites for hydroxylation is 1. The molecule has 2 aromatic rings. The van der Waals surface area contributed by atoms with Crippen molar-refractivity contribution in [3.05, 3.63) is 32.7 Å². The second-order valence-corrected chi connectivity index (χ2v) is 3.68. The number of rotatable bonds is 1. The van der Waals surface area contributed by atoms with Crippen molar-refractivity contribution in [2.45, 2.75) is 13.3 Å². The van der Waals surface area contributed by atoms with Crippen molar-refractivity contribution in [2.24, 2.45) is 0 Å². The summed E-state index contributed by atoms with van der Waals surface area (Å²) < 4.78 is 5.76. The Hall–Kier alpha value is -1.03. The molecule has 1 N–H and O–H groups in total. The zero-order valence-electron chi connectivity index (χ0n) is 7.06. The molecule has 0 unspecified atom stereocenters. The summed E-state index contributed by atoms with van der Waals surface area (Å²) >= 11 is 3.35.